The Balaban J connectivity index is 2.30. The molecule has 1 heterocycles. The van der Waals surface area contributed by atoms with Crippen LogP contribution < -0.4 is 10.5 Å². The van der Waals surface area contributed by atoms with Crippen LogP contribution in [0.25, 0.3) is 0 Å². The Labute approximate surface area is 123 Å². The number of sulfonamides is 1. The summed E-state index contributed by atoms with van der Waals surface area (Å²) in [6, 6.07) is 6.19. The third kappa shape index (κ3) is 3.62. The molecule has 1 aromatic heterocycles. The summed E-state index contributed by atoms with van der Waals surface area (Å²) in [5, 5.41) is 3.63. The van der Waals surface area contributed by atoms with Crippen LogP contribution in [0.3, 0.4) is 0 Å². The standard InChI is InChI=1S/C14H15N3O3S/c1-10-8-13(6-5-12(10)4-3-7-15)21(18,19)17-14-9-11(2)16-20-14/h5-6,8-9,17H,7,15H2,1-2H3. The second-order valence-electron chi connectivity index (χ2n) is 4.42. The molecule has 0 fully saturated rings. The maximum Gasteiger partial charge on any atom is 0.264 e. The van der Waals surface area contributed by atoms with Crippen LogP contribution in [0.2, 0.25) is 0 Å². The van der Waals surface area contributed by atoms with Crippen molar-refractivity contribution in [2.24, 2.45) is 5.73 Å². The predicted octanol–water partition coefficient (Wildman–Crippen LogP) is 1.40. The zero-order valence-electron chi connectivity index (χ0n) is 11.7. The number of nitrogens with zero attached hydrogens (tertiary/aromatic N) is 1. The average Bonchev–Trinajstić information content (AvgIpc) is 2.82. The first-order chi connectivity index (χ1) is 9.92. The summed E-state index contributed by atoms with van der Waals surface area (Å²) in [4.78, 5) is 0.132. The normalized spacial score (nSPS) is 10.8. The van der Waals surface area contributed by atoms with Crippen LogP contribution in [0.4, 0.5) is 5.88 Å². The highest BCUT2D eigenvalue weighted by atomic mass is 32.2. The van der Waals surface area contributed by atoms with Crippen molar-refractivity contribution in [2.45, 2.75) is 18.7 Å². The zero-order valence-corrected chi connectivity index (χ0v) is 12.5. The minimum absolute atomic E-state index is 0.0807. The van der Waals surface area contributed by atoms with E-state index in [2.05, 4.69) is 21.7 Å². The van der Waals surface area contributed by atoms with Gasteiger partial charge >= 0.3 is 0 Å². The monoisotopic (exact) mass is 305 g/mol. The number of aromatic nitrogens is 1. The van der Waals surface area contributed by atoms with Gasteiger partial charge in [0.25, 0.3) is 10.0 Å². The number of hydrogen-bond acceptors (Lipinski definition) is 5. The van der Waals surface area contributed by atoms with Crippen LogP contribution in [-0.2, 0) is 10.0 Å². The molecule has 21 heavy (non-hydrogen) atoms. The highest BCUT2D eigenvalue weighted by molar-refractivity contribution is 7.92. The van der Waals surface area contributed by atoms with Gasteiger partial charge in [0.05, 0.1) is 17.1 Å². The predicted molar refractivity (Wildman–Crippen MR) is 79.2 cm³/mol. The second kappa shape index (κ2) is 5.99. The molecule has 0 saturated carbocycles. The summed E-state index contributed by atoms with van der Waals surface area (Å²) in [5.41, 5.74) is 7.41. The molecular formula is C14H15N3O3S. The van der Waals surface area contributed by atoms with Gasteiger partial charge in [0.1, 0.15) is 0 Å². The lowest BCUT2D eigenvalue weighted by Gasteiger charge is -2.06. The summed E-state index contributed by atoms with van der Waals surface area (Å²) in [5.74, 6) is 5.70. The topological polar surface area (TPSA) is 98.2 Å². The van der Waals surface area contributed by atoms with Gasteiger partial charge in [0, 0.05) is 11.6 Å². The summed E-state index contributed by atoms with van der Waals surface area (Å²) in [6.07, 6.45) is 0. The van der Waals surface area contributed by atoms with Gasteiger partial charge in [-0.15, -0.1) is 0 Å². The van der Waals surface area contributed by atoms with Gasteiger partial charge in [0.15, 0.2) is 0 Å². The van der Waals surface area contributed by atoms with E-state index in [4.69, 9.17) is 10.3 Å². The molecule has 6 nitrogen and oxygen atoms in total. The smallest absolute Gasteiger partial charge is 0.264 e. The van der Waals surface area contributed by atoms with Crippen molar-refractivity contribution in [1.82, 2.24) is 5.16 Å². The summed E-state index contributed by atoms with van der Waals surface area (Å²) in [6.45, 7) is 3.75. The van der Waals surface area contributed by atoms with E-state index in [1.54, 1.807) is 26.0 Å². The highest BCUT2D eigenvalue weighted by Crippen LogP contribution is 2.19. The van der Waals surface area contributed by atoms with E-state index < -0.39 is 10.0 Å². The number of hydrogen-bond donors (Lipinski definition) is 2. The van der Waals surface area contributed by atoms with Crippen LogP contribution >= 0.6 is 0 Å². The fourth-order valence-corrected chi connectivity index (χ4v) is 2.75. The van der Waals surface area contributed by atoms with Crippen molar-refractivity contribution in [3.63, 3.8) is 0 Å². The van der Waals surface area contributed by atoms with Crippen molar-refractivity contribution >= 4 is 15.9 Å². The molecule has 2 aromatic rings. The molecule has 2 rings (SSSR count). The van der Waals surface area contributed by atoms with E-state index in [9.17, 15) is 8.42 Å². The number of aryl methyl sites for hydroxylation is 2. The van der Waals surface area contributed by atoms with Gasteiger partial charge < -0.3 is 10.3 Å². The fraction of sp³-hybridized carbons (Fsp3) is 0.214. The number of nitrogens with one attached hydrogen (secondary N) is 1. The fourth-order valence-electron chi connectivity index (χ4n) is 1.69. The SMILES string of the molecule is Cc1cc(NS(=O)(=O)c2ccc(C#CCN)c(C)c2)on1. The second-order valence-corrected chi connectivity index (χ2v) is 6.10. The lowest BCUT2D eigenvalue weighted by atomic mass is 10.1. The molecule has 0 atom stereocenters. The van der Waals surface area contributed by atoms with Crippen molar-refractivity contribution in [3.05, 3.63) is 41.1 Å². The minimum atomic E-state index is -3.72. The van der Waals surface area contributed by atoms with Crippen LogP contribution in [0.15, 0.2) is 33.7 Å². The Morgan fingerprint density at radius 1 is 1.33 bits per heavy atom. The van der Waals surface area contributed by atoms with Crippen LogP contribution in [-0.4, -0.2) is 20.1 Å². The maximum absolute atomic E-state index is 12.2. The largest absolute Gasteiger partial charge is 0.338 e. The Hall–Kier alpha value is -2.30. The zero-order chi connectivity index (χ0) is 15.5. The minimum Gasteiger partial charge on any atom is -0.338 e. The number of nitrogens with two attached hydrogens (primary N) is 1. The third-order valence-electron chi connectivity index (χ3n) is 2.70. The van der Waals surface area contributed by atoms with E-state index in [0.29, 0.717) is 5.69 Å². The molecule has 0 radical (unpaired) electrons. The molecule has 0 aliphatic heterocycles. The van der Waals surface area contributed by atoms with Crippen LogP contribution in [0.1, 0.15) is 16.8 Å². The van der Waals surface area contributed by atoms with E-state index in [1.165, 1.54) is 12.1 Å². The number of rotatable bonds is 3. The summed E-state index contributed by atoms with van der Waals surface area (Å²) in [7, 11) is -3.72. The van der Waals surface area contributed by atoms with Crippen molar-refractivity contribution in [2.75, 3.05) is 11.3 Å². The molecule has 0 amide bonds. The molecule has 3 N–H and O–H groups in total. The van der Waals surface area contributed by atoms with Gasteiger partial charge in [-0.05, 0) is 37.6 Å². The number of benzene rings is 1. The Morgan fingerprint density at radius 2 is 2.10 bits per heavy atom. The van der Waals surface area contributed by atoms with E-state index in [-0.39, 0.29) is 17.3 Å². The van der Waals surface area contributed by atoms with Crippen LogP contribution in [0.5, 0.6) is 0 Å². The van der Waals surface area contributed by atoms with Gasteiger partial charge in [-0.1, -0.05) is 17.0 Å². The molecule has 0 bridgehead atoms. The molecule has 0 aliphatic carbocycles. The molecule has 110 valence electrons. The van der Waals surface area contributed by atoms with Gasteiger partial charge in [-0.3, -0.25) is 0 Å². The van der Waals surface area contributed by atoms with Crippen molar-refractivity contribution in [3.8, 4) is 11.8 Å². The molecule has 0 aliphatic rings. The Bertz CT molecular complexity index is 813. The van der Waals surface area contributed by atoms with Crippen molar-refractivity contribution in [1.29, 1.82) is 0 Å². The van der Waals surface area contributed by atoms with E-state index in [1.807, 2.05) is 0 Å². The quantitative estimate of drug-likeness (QED) is 0.835. The molecule has 0 unspecified atom stereocenters. The lowest BCUT2D eigenvalue weighted by molar-refractivity contribution is 0.430. The summed E-state index contributed by atoms with van der Waals surface area (Å²) < 4.78 is 31.7. The molecule has 0 saturated heterocycles. The highest BCUT2D eigenvalue weighted by Gasteiger charge is 2.17. The first kappa shape index (κ1) is 15.1. The molecular weight excluding hydrogens is 290 g/mol. The van der Waals surface area contributed by atoms with E-state index >= 15 is 0 Å². The van der Waals surface area contributed by atoms with E-state index in [0.717, 1.165) is 11.1 Å². The molecule has 0 spiro atoms. The molecule has 7 heteroatoms. The first-order valence-electron chi connectivity index (χ1n) is 6.18. The van der Waals surface area contributed by atoms with Crippen molar-refractivity contribution < 1.29 is 12.9 Å². The first-order valence-corrected chi connectivity index (χ1v) is 7.66. The molecule has 1 aromatic carbocycles. The maximum atomic E-state index is 12.2. The average molecular weight is 305 g/mol. The number of anilines is 1. The Morgan fingerprint density at radius 3 is 2.67 bits per heavy atom. The van der Waals surface area contributed by atoms with Gasteiger partial charge in [0.2, 0.25) is 5.88 Å². The lowest BCUT2D eigenvalue weighted by Crippen LogP contribution is -2.12. The van der Waals surface area contributed by atoms with Gasteiger partial charge in [-0.25, -0.2) is 13.1 Å². The van der Waals surface area contributed by atoms with Gasteiger partial charge in [-0.2, -0.15) is 0 Å². The Kier molecular flexibility index (Phi) is 4.31. The third-order valence-corrected chi connectivity index (χ3v) is 4.04. The summed E-state index contributed by atoms with van der Waals surface area (Å²) >= 11 is 0. The van der Waals surface area contributed by atoms with Crippen LogP contribution in [0, 0.1) is 25.7 Å².